The number of carbonyl (C=O) groups is 4. The Morgan fingerprint density at radius 3 is 2.26 bits per heavy atom. The van der Waals surface area contributed by atoms with Crippen LogP contribution >= 0.6 is 11.8 Å². The first-order valence-electron chi connectivity index (χ1n) is 12.0. The minimum Gasteiger partial charge on any atom is -0.480 e. The Morgan fingerprint density at radius 2 is 1.63 bits per heavy atom. The fourth-order valence-corrected chi connectivity index (χ4v) is 3.19. The second kappa shape index (κ2) is 20.1. The maximum Gasteiger partial charge on any atom is 0.326 e. The highest BCUT2D eigenvalue weighted by molar-refractivity contribution is 7.99. The number of unbranched alkanes of at least 4 members (excludes halogenated alkanes) is 1. The Kier molecular flexibility index (Phi) is 18.9. The molecule has 202 valence electrons. The van der Waals surface area contributed by atoms with E-state index in [1.54, 1.807) is 18.7 Å². The van der Waals surface area contributed by atoms with Crippen LogP contribution in [0.3, 0.4) is 0 Å². The molecule has 4 N–H and O–H groups in total. The third kappa shape index (κ3) is 17.9. The van der Waals surface area contributed by atoms with Crippen LogP contribution in [-0.4, -0.2) is 85.7 Å². The molecule has 2 amide bonds. The molecule has 35 heavy (non-hydrogen) atoms. The second-order valence-corrected chi connectivity index (χ2v) is 9.53. The van der Waals surface area contributed by atoms with E-state index in [1.807, 2.05) is 13.2 Å². The monoisotopic (exact) mass is 517 g/mol. The minimum atomic E-state index is -1.21. The lowest BCUT2D eigenvalue weighted by molar-refractivity contribution is -0.143. The standard InChI is InChI=1S/C24H43N3O7S/c1-17(19(3)28)8-6-7-11-26-22(29)10-9-21(24(31)32)27-23(30)16-34-15-14-33-13-12-25-18(2)20(4)35-5/h17,20-21,25H,2,6-16H2,1,3-5H3,(H,26,29)(H,27,30)(H,31,32). The van der Waals surface area contributed by atoms with Gasteiger partial charge in [0.2, 0.25) is 11.8 Å². The maximum absolute atomic E-state index is 12.0. The van der Waals surface area contributed by atoms with Crippen LogP contribution < -0.4 is 16.0 Å². The number of rotatable bonds is 22. The molecule has 10 nitrogen and oxygen atoms in total. The molecule has 0 aromatic carbocycles. The van der Waals surface area contributed by atoms with Crippen molar-refractivity contribution in [2.75, 3.05) is 45.8 Å². The van der Waals surface area contributed by atoms with Gasteiger partial charge in [0.25, 0.3) is 0 Å². The number of amides is 2. The van der Waals surface area contributed by atoms with E-state index in [-0.39, 0.29) is 43.7 Å². The summed E-state index contributed by atoms with van der Waals surface area (Å²) in [5.74, 6) is -1.89. The van der Waals surface area contributed by atoms with Gasteiger partial charge in [0, 0.05) is 36.4 Å². The van der Waals surface area contributed by atoms with Crippen molar-refractivity contribution < 1.29 is 33.8 Å². The fraction of sp³-hybridized carbons (Fsp3) is 0.750. The molecule has 0 bridgehead atoms. The van der Waals surface area contributed by atoms with E-state index in [2.05, 4.69) is 29.5 Å². The third-order valence-corrected chi connectivity index (χ3v) is 6.41. The summed E-state index contributed by atoms with van der Waals surface area (Å²) in [6.45, 7) is 11.2. The van der Waals surface area contributed by atoms with Crippen molar-refractivity contribution in [2.24, 2.45) is 5.92 Å². The second-order valence-electron chi connectivity index (χ2n) is 8.35. The largest absolute Gasteiger partial charge is 0.480 e. The Morgan fingerprint density at radius 1 is 0.943 bits per heavy atom. The lowest BCUT2D eigenvalue weighted by Gasteiger charge is -2.15. The van der Waals surface area contributed by atoms with E-state index in [0.29, 0.717) is 31.6 Å². The molecular weight excluding hydrogens is 474 g/mol. The Labute approximate surface area is 213 Å². The number of ether oxygens (including phenoxy) is 2. The maximum atomic E-state index is 12.0. The first kappa shape index (κ1) is 32.9. The summed E-state index contributed by atoms with van der Waals surface area (Å²) in [5.41, 5.74) is 0.940. The molecule has 0 rings (SSSR count). The highest BCUT2D eigenvalue weighted by Gasteiger charge is 2.21. The predicted molar refractivity (Wildman–Crippen MR) is 137 cm³/mol. The van der Waals surface area contributed by atoms with Crippen LogP contribution in [0.4, 0.5) is 0 Å². The number of nitrogens with one attached hydrogen (secondary N) is 3. The number of hydrogen-bond acceptors (Lipinski definition) is 8. The summed E-state index contributed by atoms with van der Waals surface area (Å²) >= 11 is 1.70. The van der Waals surface area contributed by atoms with Crippen molar-refractivity contribution in [3.63, 3.8) is 0 Å². The summed E-state index contributed by atoms with van der Waals surface area (Å²) < 4.78 is 10.6. The molecule has 0 radical (unpaired) electrons. The Bertz CT molecular complexity index is 676. The van der Waals surface area contributed by atoms with Crippen LogP contribution in [-0.2, 0) is 28.7 Å². The molecule has 0 saturated carbocycles. The van der Waals surface area contributed by atoms with Gasteiger partial charge in [0.15, 0.2) is 0 Å². The van der Waals surface area contributed by atoms with E-state index in [0.717, 1.165) is 25.0 Å². The number of aliphatic carboxylic acids is 1. The average Bonchev–Trinajstić information content (AvgIpc) is 2.81. The number of thioether (sulfide) groups is 1. The molecule has 0 fully saturated rings. The lowest BCUT2D eigenvalue weighted by atomic mass is 10.0. The summed E-state index contributed by atoms with van der Waals surface area (Å²) in [6.07, 6.45) is 4.31. The number of carboxylic acid groups (broad SMARTS) is 1. The van der Waals surface area contributed by atoms with Crippen LogP contribution in [0, 0.1) is 5.92 Å². The van der Waals surface area contributed by atoms with Gasteiger partial charge in [0.05, 0.1) is 19.8 Å². The smallest absolute Gasteiger partial charge is 0.326 e. The Hall–Kier alpha value is -2.11. The van der Waals surface area contributed by atoms with Crippen LogP contribution in [0.2, 0.25) is 0 Å². The van der Waals surface area contributed by atoms with E-state index in [9.17, 15) is 24.3 Å². The van der Waals surface area contributed by atoms with E-state index in [4.69, 9.17) is 9.47 Å². The summed E-state index contributed by atoms with van der Waals surface area (Å²) in [6, 6.07) is -1.17. The van der Waals surface area contributed by atoms with E-state index >= 15 is 0 Å². The first-order valence-corrected chi connectivity index (χ1v) is 13.3. The average molecular weight is 518 g/mol. The van der Waals surface area contributed by atoms with E-state index < -0.39 is 17.9 Å². The number of Topliss-reactive ketones (excluding diaryl/α,β-unsaturated/α-hetero) is 1. The Balaban J connectivity index is 3.92. The summed E-state index contributed by atoms with van der Waals surface area (Å²) in [7, 11) is 0. The molecule has 3 atom stereocenters. The minimum absolute atomic E-state index is 0.0176. The van der Waals surface area contributed by atoms with Crippen LogP contribution in [0.5, 0.6) is 0 Å². The zero-order chi connectivity index (χ0) is 26.6. The topological polar surface area (TPSA) is 143 Å². The van der Waals surface area contributed by atoms with Crippen LogP contribution in [0.1, 0.15) is 52.9 Å². The van der Waals surface area contributed by atoms with Crippen molar-refractivity contribution in [3.8, 4) is 0 Å². The zero-order valence-electron chi connectivity index (χ0n) is 21.5. The quantitative estimate of drug-likeness (QED) is 0.158. The molecule has 3 unspecified atom stereocenters. The van der Waals surface area contributed by atoms with Gasteiger partial charge in [-0.1, -0.05) is 19.9 Å². The number of hydrogen-bond donors (Lipinski definition) is 4. The van der Waals surface area contributed by atoms with Gasteiger partial charge < -0.3 is 30.5 Å². The van der Waals surface area contributed by atoms with Gasteiger partial charge >= 0.3 is 5.97 Å². The fourth-order valence-electron chi connectivity index (χ4n) is 2.82. The molecule has 0 aliphatic heterocycles. The van der Waals surface area contributed by atoms with E-state index in [1.165, 1.54) is 0 Å². The third-order valence-electron chi connectivity index (χ3n) is 5.42. The van der Waals surface area contributed by atoms with Gasteiger partial charge in [-0.25, -0.2) is 4.79 Å². The highest BCUT2D eigenvalue weighted by atomic mass is 32.2. The van der Waals surface area contributed by atoms with Gasteiger partial charge in [-0.15, -0.1) is 0 Å². The normalized spacial score (nSPS) is 13.4. The molecule has 0 saturated heterocycles. The zero-order valence-corrected chi connectivity index (χ0v) is 22.3. The first-order chi connectivity index (χ1) is 16.6. The summed E-state index contributed by atoms with van der Waals surface area (Å²) in [4.78, 5) is 46.5. The van der Waals surface area contributed by atoms with Gasteiger partial charge in [-0.2, -0.15) is 11.8 Å². The van der Waals surface area contributed by atoms with Crippen molar-refractivity contribution in [1.29, 1.82) is 0 Å². The van der Waals surface area contributed by atoms with Gasteiger partial charge in [-0.3, -0.25) is 14.4 Å². The van der Waals surface area contributed by atoms with Crippen LogP contribution in [0.15, 0.2) is 12.3 Å². The van der Waals surface area contributed by atoms with Crippen molar-refractivity contribution in [2.45, 2.75) is 64.2 Å². The number of carboxylic acids is 1. The van der Waals surface area contributed by atoms with Crippen molar-refractivity contribution in [3.05, 3.63) is 12.3 Å². The molecular formula is C24H43N3O7S. The lowest BCUT2D eigenvalue weighted by Crippen LogP contribution is -2.43. The summed E-state index contributed by atoms with van der Waals surface area (Å²) in [5, 5.41) is 17.9. The van der Waals surface area contributed by atoms with Gasteiger partial charge in [-0.05, 0) is 39.4 Å². The van der Waals surface area contributed by atoms with Crippen molar-refractivity contribution in [1.82, 2.24) is 16.0 Å². The number of carbonyl (C=O) groups excluding carboxylic acids is 3. The predicted octanol–water partition coefficient (Wildman–Crippen LogP) is 1.74. The number of ketones is 1. The highest BCUT2D eigenvalue weighted by Crippen LogP contribution is 2.11. The van der Waals surface area contributed by atoms with Gasteiger partial charge in [0.1, 0.15) is 18.4 Å². The molecule has 0 aromatic rings. The van der Waals surface area contributed by atoms with Crippen LogP contribution in [0.25, 0.3) is 0 Å². The molecule has 0 spiro atoms. The molecule has 0 heterocycles. The molecule has 0 aliphatic rings. The molecule has 0 aliphatic carbocycles. The SMILES string of the molecule is C=C(NCCOCCOCC(=O)NC(CCC(=O)NCCCCC(C)C(C)=O)C(=O)O)C(C)SC. The molecule has 0 aromatic heterocycles. The van der Waals surface area contributed by atoms with Crippen molar-refractivity contribution >= 4 is 35.3 Å². The molecule has 11 heteroatoms.